The Morgan fingerprint density at radius 1 is 1.04 bits per heavy atom. The number of rotatable bonds is 1. The van der Waals surface area contributed by atoms with E-state index in [0.29, 0.717) is 11.1 Å². The molecule has 0 saturated heterocycles. The number of hydrogen-bond donors (Lipinski definition) is 0. The molecule has 2 aromatic carbocycles. The highest BCUT2D eigenvalue weighted by Gasteiger charge is 2.16. The van der Waals surface area contributed by atoms with Gasteiger partial charge in [-0.15, -0.1) is 0 Å². The maximum absolute atomic E-state index is 9.27. The Morgan fingerprint density at radius 2 is 1.91 bits per heavy atom. The van der Waals surface area contributed by atoms with Gasteiger partial charge in [0.05, 0.1) is 5.56 Å². The van der Waals surface area contributed by atoms with Crippen LogP contribution in [-0.4, -0.2) is 0 Å². The van der Waals surface area contributed by atoms with E-state index in [0.717, 1.165) is 27.6 Å². The van der Waals surface area contributed by atoms with Crippen LogP contribution in [0.4, 0.5) is 0 Å². The number of aryl methyl sites for hydroxylation is 2. The maximum atomic E-state index is 9.27. The van der Waals surface area contributed by atoms with Crippen molar-refractivity contribution in [2.75, 3.05) is 0 Å². The molecule has 0 radical (unpaired) electrons. The van der Waals surface area contributed by atoms with E-state index in [-0.39, 0.29) is 0 Å². The molecule has 110 valence electrons. The molecule has 0 atom stereocenters. The summed E-state index contributed by atoms with van der Waals surface area (Å²) in [5, 5.41) is 11.3. The zero-order valence-electron chi connectivity index (χ0n) is 13.0. The third-order valence-corrected chi connectivity index (χ3v) is 4.30. The first-order chi connectivity index (χ1) is 11.2. The third kappa shape index (κ3) is 2.00. The van der Waals surface area contributed by atoms with Gasteiger partial charge in [-0.25, -0.2) is 4.57 Å². The van der Waals surface area contributed by atoms with Crippen molar-refractivity contribution in [3.8, 4) is 17.3 Å². The Kier molecular flexibility index (Phi) is 2.92. The number of aromatic nitrogens is 1. The highest BCUT2D eigenvalue weighted by atomic mass is 16.3. The van der Waals surface area contributed by atoms with Gasteiger partial charge in [-0.3, -0.25) is 0 Å². The molecule has 0 spiro atoms. The van der Waals surface area contributed by atoms with Gasteiger partial charge in [0, 0.05) is 28.5 Å². The molecule has 4 aromatic rings. The molecule has 23 heavy (non-hydrogen) atoms. The average Bonchev–Trinajstić information content (AvgIpc) is 2.92. The van der Waals surface area contributed by atoms with E-state index >= 15 is 0 Å². The van der Waals surface area contributed by atoms with Gasteiger partial charge in [-0.2, -0.15) is 5.26 Å². The monoisotopic (exact) mass is 299 g/mol. The van der Waals surface area contributed by atoms with Crippen LogP contribution < -0.4 is 4.57 Å². The van der Waals surface area contributed by atoms with E-state index in [9.17, 15) is 5.26 Å². The van der Waals surface area contributed by atoms with E-state index in [2.05, 4.69) is 35.8 Å². The maximum Gasteiger partial charge on any atom is 0.212 e. The second kappa shape index (κ2) is 4.96. The van der Waals surface area contributed by atoms with Gasteiger partial charge >= 0.3 is 0 Å². The summed E-state index contributed by atoms with van der Waals surface area (Å²) in [5.41, 5.74) is 5.53. The number of hydrogen-bond acceptors (Lipinski definition) is 2. The summed E-state index contributed by atoms with van der Waals surface area (Å²) in [6, 6.07) is 18.3. The van der Waals surface area contributed by atoms with E-state index in [1.54, 1.807) is 6.07 Å². The van der Waals surface area contributed by atoms with Crippen LogP contribution in [-0.2, 0) is 7.05 Å². The minimum Gasteiger partial charge on any atom is -0.455 e. The average molecular weight is 299 g/mol. The first-order valence-electron chi connectivity index (χ1n) is 7.50. The normalized spacial score (nSPS) is 11.0. The highest BCUT2D eigenvalue weighted by Crippen LogP contribution is 2.34. The molecule has 3 nitrogen and oxygen atoms in total. The van der Waals surface area contributed by atoms with Crippen molar-refractivity contribution < 1.29 is 8.98 Å². The first kappa shape index (κ1) is 13.5. The lowest BCUT2D eigenvalue weighted by atomic mass is 10.0. The van der Waals surface area contributed by atoms with Crippen LogP contribution in [0.15, 0.2) is 59.1 Å². The summed E-state index contributed by atoms with van der Waals surface area (Å²) in [5.74, 6) is 0. The van der Waals surface area contributed by atoms with Gasteiger partial charge in [0.15, 0.2) is 11.8 Å². The zero-order valence-corrected chi connectivity index (χ0v) is 13.0. The summed E-state index contributed by atoms with van der Waals surface area (Å²) in [7, 11) is 2.04. The Bertz CT molecular complexity index is 1100. The summed E-state index contributed by atoms with van der Waals surface area (Å²) in [4.78, 5) is 0. The van der Waals surface area contributed by atoms with Crippen molar-refractivity contribution in [2.45, 2.75) is 6.92 Å². The Morgan fingerprint density at radius 3 is 2.70 bits per heavy atom. The van der Waals surface area contributed by atoms with Gasteiger partial charge in [-0.1, -0.05) is 12.1 Å². The Balaban J connectivity index is 2.09. The molecule has 0 aliphatic rings. The number of furan rings is 1. The molecule has 0 saturated carbocycles. The predicted octanol–water partition coefficient (Wildman–Crippen LogP) is 4.26. The molecule has 0 unspecified atom stereocenters. The van der Waals surface area contributed by atoms with Crippen molar-refractivity contribution >= 4 is 21.9 Å². The first-order valence-corrected chi connectivity index (χ1v) is 7.50. The SMILES string of the molecule is Cc1cc2oc3c(C#N)cccc3c2cc1-c1cccc[n+]1C. The number of fused-ring (bicyclic) bond motifs is 3. The smallest absolute Gasteiger partial charge is 0.212 e. The molecule has 4 rings (SSSR count). The molecular weight excluding hydrogens is 284 g/mol. The fraction of sp³-hybridized carbons (Fsp3) is 0.100. The number of para-hydroxylation sites is 1. The zero-order chi connectivity index (χ0) is 16.0. The summed E-state index contributed by atoms with van der Waals surface area (Å²) < 4.78 is 8.06. The lowest BCUT2D eigenvalue weighted by Crippen LogP contribution is -2.30. The standard InChI is InChI=1S/C20H15N2O/c1-13-10-19-17(11-16(13)18-8-3-4-9-22(18)2)15-7-5-6-14(12-21)20(15)23-19/h3-11H,1-2H3/q+1. The summed E-state index contributed by atoms with van der Waals surface area (Å²) in [6.07, 6.45) is 2.04. The van der Waals surface area contributed by atoms with E-state index in [1.807, 2.05) is 37.5 Å². The number of pyridine rings is 1. The molecule has 0 amide bonds. The van der Waals surface area contributed by atoms with Crippen LogP contribution in [0.3, 0.4) is 0 Å². The van der Waals surface area contributed by atoms with E-state index in [4.69, 9.17) is 4.42 Å². The molecular formula is C20H15N2O+. The lowest BCUT2D eigenvalue weighted by Gasteiger charge is -2.04. The van der Waals surface area contributed by atoms with Crippen LogP contribution in [0.25, 0.3) is 33.2 Å². The number of nitriles is 1. The van der Waals surface area contributed by atoms with Gasteiger partial charge in [-0.05, 0) is 36.8 Å². The predicted molar refractivity (Wildman–Crippen MR) is 89.8 cm³/mol. The largest absolute Gasteiger partial charge is 0.455 e. The summed E-state index contributed by atoms with van der Waals surface area (Å²) in [6.45, 7) is 2.08. The molecule has 0 bridgehead atoms. The fourth-order valence-corrected chi connectivity index (χ4v) is 3.11. The summed E-state index contributed by atoms with van der Waals surface area (Å²) >= 11 is 0. The second-order valence-corrected chi connectivity index (χ2v) is 5.76. The molecule has 0 fully saturated rings. The van der Waals surface area contributed by atoms with Crippen LogP contribution in [0.5, 0.6) is 0 Å². The van der Waals surface area contributed by atoms with Gasteiger partial charge in [0.1, 0.15) is 18.7 Å². The molecule has 3 heteroatoms. The van der Waals surface area contributed by atoms with Crippen molar-refractivity contribution in [1.82, 2.24) is 0 Å². The van der Waals surface area contributed by atoms with Crippen LogP contribution in [0.1, 0.15) is 11.1 Å². The quantitative estimate of drug-likeness (QED) is 0.493. The lowest BCUT2D eigenvalue weighted by molar-refractivity contribution is -0.660. The van der Waals surface area contributed by atoms with Crippen molar-refractivity contribution in [1.29, 1.82) is 5.26 Å². The van der Waals surface area contributed by atoms with Crippen LogP contribution >= 0.6 is 0 Å². The molecule has 0 N–H and O–H groups in total. The minimum absolute atomic E-state index is 0.572. The Labute approximate surface area is 134 Å². The van der Waals surface area contributed by atoms with Gasteiger partial charge < -0.3 is 4.42 Å². The van der Waals surface area contributed by atoms with E-state index < -0.39 is 0 Å². The highest BCUT2D eigenvalue weighted by molar-refractivity contribution is 6.08. The van der Waals surface area contributed by atoms with E-state index in [1.165, 1.54) is 5.56 Å². The molecule has 0 aliphatic carbocycles. The van der Waals surface area contributed by atoms with Crippen molar-refractivity contribution in [3.05, 3.63) is 65.9 Å². The fourth-order valence-electron chi connectivity index (χ4n) is 3.11. The number of benzene rings is 2. The van der Waals surface area contributed by atoms with Crippen LogP contribution in [0, 0.1) is 18.3 Å². The van der Waals surface area contributed by atoms with Crippen molar-refractivity contribution in [2.24, 2.45) is 7.05 Å². The molecule has 2 aromatic heterocycles. The molecule has 2 heterocycles. The second-order valence-electron chi connectivity index (χ2n) is 5.76. The van der Waals surface area contributed by atoms with Crippen LogP contribution in [0.2, 0.25) is 0 Å². The van der Waals surface area contributed by atoms with Gasteiger partial charge in [0.2, 0.25) is 5.69 Å². The van der Waals surface area contributed by atoms with Crippen molar-refractivity contribution in [3.63, 3.8) is 0 Å². The third-order valence-electron chi connectivity index (χ3n) is 4.30. The number of nitrogens with zero attached hydrogens (tertiary/aromatic N) is 2. The topological polar surface area (TPSA) is 40.8 Å². The minimum atomic E-state index is 0.572. The van der Waals surface area contributed by atoms with Gasteiger partial charge in [0.25, 0.3) is 0 Å². The Hall–Kier alpha value is -3.12. The molecule has 0 aliphatic heterocycles.